The van der Waals surface area contributed by atoms with Gasteiger partial charge in [-0.3, -0.25) is 9.78 Å². The molecule has 0 aliphatic rings. The first-order valence-electron chi connectivity index (χ1n) is 9.37. The van der Waals surface area contributed by atoms with E-state index in [0.29, 0.717) is 19.3 Å². The number of fused-ring (bicyclic) bond motifs is 1. The molecule has 0 fully saturated rings. The van der Waals surface area contributed by atoms with Crippen molar-refractivity contribution in [2.45, 2.75) is 19.3 Å². The minimum atomic E-state index is -0.279. The van der Waals surface area contributed by atoms with Crippen LogP contribution in [0.2, 0.25) is 0 Å². The third kappa shape index (κ3) is 4.54. The summed E-state index contributed by atoms with van der Waals surface area (Å²) in [5, 5.41) is 3.73. The molecule has 0 atom stereocenters. The third-order valence-electron chi connectivity index (χ3n) is 4.75. The van der Waals surface area contributed by atoms with Gasteiger partial charge in [0, 0.05) is 33.7 Å². The number of hydrogen-bond acceptors (Lipinski definition) is 2. The number of rotatable bonds is 6. The number of aromatic amines is 1. The van der Waals surface area contributed by atoms with Gasteiger partial charge in [0.25, 0.3) is 0 Å². The zero-order valence-electron chi connectivity index (χ0n) is 15.6. The van der Waals surface area contributed by atoms with Crippen LogP contribution in [-0.2, 0) is 11.2 Å². The predicted molar refractivity (Wildman–Crippen MR) is 117 cm³/mol. The number of aryl methyl sites for hydroxylation is 1. The number of amides is 1. The van der Waals surface area contributed by atoms with Crippen LogP contribution in [0.3, 0.4) is 0 Å². The maximum absolute atomic E-state index is 13.9. The van der Waals surface area contributed by atoms with Crippen molar-refractivity contribution in [3.05, 3.63) is 82.7 Å². The normalized spacial score (nSPS) is 11.0. The Labute approximate surface area is 176 Å². The highest BCUT2D eigenvalue weighted by Crippen LogP contribution is 2.31. The number of halogens is 2. The summed E-state index contributed by atoms with van der Waals surface area (Å²) in [6, 6.07) is 17.9. The number of H-pyrrole nitrogens is 1. The second-order valence-corrected chi connectivity index (χ2v) is 7.71. The fourth-order valence-electron chi connectivity index (χ4n) is 3.39. The fourth-order valence-corrected chi connectivity index (χ4v) is 3.66. The Balaban J connectivity index is 1.51. The smallest absolute Gasteiger partial charge is 0.224 e. The molecule has 2 N–H and O–H groups in total. The van der Waals surface area contributed by atoms with Crippen LogP contribution in [0.25, 0.3) is 22.3 Å². The minimum absolute atomic E-state index is 0.0438. The number of benzene rings is 2. The van der Waals surface area contributed by atoms with Gasteiger partial charge in [-0.15, -0.1) is 0 Å². The molecule has 0 bridgehead atoms. The van der Waals surface area contributed by atoms with Gasteiger partial charge in [-0.25, -0.2) is 4.39 Å². The highest BCUT2D eigenvalue weighted by atomic mass is 79.9. The predicted octanol–water partition coefficient (Wildman–Crippen LogP) is 6.09. The Bertz CT molecular complexity index is 1140. The molecule has 0 spiro atoms. The number of anilines is 1. The van der Waals surface area contributed by atoms with Crippen LogP contribution in [0.5, 0.6) is 0 Å². The average Bonchev–Trinajstić information content (AvgIpc) is 3.08. The zero-order chi connectivity index (χ0) is 20.2. The van der Waals surface area contributed by atoms with E-state index in [-0.39, 0.29) is 11.7 Å². The molecule has 29 heavy (non-hydrogen) atoms. The second-order valence-electron chi connectivity index (χ2n) is 6.79. The first-order chi connectivity index (χ1) is 14.1. The van der Waals surface area contributed by atoms with E-state index in [1.54, 1.807) is 12.3 Å². The summed E-state index contributed by atoms with van der Waals surface area (Å²) in [6.07, 6.45) is 3.39. The summed E-state index contributed by atoms with van der Waals surface area (Å²) in [7, 11) is 0. The summed E-state index contributed by atoms with van der Waals surface area (Å²) >= 11 is 3.38. The Morgan fingerprint density at radius 1 is 1.10 bits per heavy atom. The van der Waals surface area contributed by atoms with Gasteiger partial charge in [0.15, 0.2) is 0 Å². The van der Waals surface area contributed by atoms with E-state index in [4.69, 9.17) is 0 Å². The number of carbonyl (C=O) groups excluding carboxylic acids is 1. The molecular formula is C23H19BrFN3O. The number of nitrogens with zero attached hydrogens (tertiary/aromatic N) is 1. The van der Waals surface area contributed by atoms with E-state index in [0.717, 1.165) is 38.0 Å². The summed E-state index contributed by atoms with van der Waals surface area (Å²) < 4.78 is 14.8. The van der Waals surface area contributed by atoms with Gasteiger partial charge in [-0.1, -0.05) is 22.0 Å². The van der Waals surface area contributed by atoms with Crippen molar-refractivity contribution in [2.24, 2.45) is 0 Å². The van der Waals surface area contributed by atoms with Gasteiger partial charge in [0.2, 0.25) is 5.91 Å². The molecule has 2 aromatic heterocycles. The molecule has 0 unspecified atom stereocenters. The van der Waals surface area contributed by atoms with Crippen LogP contribution in [0.4, 0.5) is 10.1 Å². The molecule has 0 aliphatic carbocycles. The summed E-state index contributed by atoms with van der Waals surface area (Å²) in [5.41, 5.74) is 4.29. The van der Waals surface area contributed by atoms with Gasteiger partial charge in [0.1, 0.15) is 5.82 Å². The van der Waals surface area contributed by atoms with E-state index in [9.17, 15) is 9.18 Å². The Morgan fingerprint density at radius 3 is 2.69 bits per heavy atom. The molecule has 2 heterocycles. The molecule has 4 aromatic rings. The van der Waals surface area contributed by atoms with Gasteiger partial charge in [-0.2, -0.15) is 0 Å². The van der Waals surface area contributed by atoms with E-state index < -0.39 is 0 Å². The second kappa shape index (κ2) is 8.57. The van der Waals surface area contributed by atoms with Crippen molar-refractivity contribution in [2.75, 3.05) is 5.32 Å². The maximum atomic E-state index is 13.9. The van der Waals surface area contributed by atoms with E-state index in [2.05, 4.69) is 31.2 Å². The lowest BCUT2D eigenvalue weighted by Gasteiger charge is -2.07. The van der Waals surface area contributed by atoms with Gasteiger partial charge in [0.05, 0.1) is 11.4 Å². The first-order valence-corrected chi connectivity index (χ1v) is 10.2. The van der Waals surface area contributed by atoms with Crippen LogP contribution in [0.1, 0.15) is 18.4 Å². The number of hydrogen-bond donors (Lipinski definition) is 2. The van der Waals surface area contributed by atoms with Crippen LogP contribution >= 0.6 is 15.9 Å². The summed E-state index contributed by atoms with van der Waals surface area (Å²) in [6.45, 7) is 0. The number of aromatic nitrogens is 2. The minimum Gasteiger partial charge on any atom is -0.353 e. The summed E-state index contributed by atoms with van der Waals surface area (Å²) in [5.74, 6) is -0.323. The van der Waals surface area contributed by atoms with Crippen molar-refractivity contribution in [3.63, 3.8) is 0 Å². The Kier molecular flexibility index (Phi) is 5.71. The van der Waals surface area contributed by atoms with Gasteiger partial charge >= 0.3 is 0 Å². The van der Waals surface area contributed by atoms with E-state index >= 15 is 0 Å². The molecule has 146 valence electrons. The van der Waals surface area contributed by atoms with Crippen molar-refractivity contribution >= 4 is 38.4 Å². The largest absolute Gasteiger partial charge is 0.353 e. The Morgan fingerprint density at radius 2 is 1.93 bits per heavy atom. The first kappa shape index (κ1) is 19.3. The molecule has 0 radical (unpaired) electrons. The molecule has 0 saturated carbocycles. The lowest BCUT2D eigenvalue weighted by molar-refractivity contribution is -0.116. The number of nitrogens with one attached hydrogen (secondary N) is 2. The van der Waals surface area contributed by atoms with Crippen molar-refractivity contribution < 1.29 is 9.18 Å². The molecule has 1 amide bonds. The van der Waals surface area contributed by atoms with Crippen molar-refractivity contribution in [1.29, 1.82) is 0 Å². The van der Waals surface area contributed by atoms with Gasteiger partial charge in [-0.05, 0) is 73.0 Å². The monoisotopic (exact) mass is 451 g/mol. The zero-order valence-corrected chi connectivity index (χ0v) is 17.2. The molecular weight excluding hydrogens is 433 g/mol. The third-order valence-corrected chi connectivity index (χ3v) is 5.28. The van der Waals surface area contributed by atoms with E-state index in [1.165, 1.54) is 12.1 Å². The fraction of sp³-hybridized carbons (Fsp3) is 0.130. The maximum Gasteiger partial charge on any atom is 0.224 e. The SMILES string of the molecule is O=C(CCCc1c(-c2ccccn2)[nH]c2ccc(F)cc12)Nc1ccc(Br)cc1. The molecule has 4 nitrogen and oxygen atoms in total. The van der Waals surface area contributed by atoms with Crippen LogP contribution in [0.15, 0.2) is 71.3 Å². The Hall–Kier alpha value is -2.99. The van der Waals surface area contributed by atoms with Crippen molar-refractivity contribution in [3.8, 4) is 11.4 Å². The molecule has 6 heteroatoms. The highest BCUT2D eigenvalue weighted by Gasteiger charge is 2.15. The van der Waals surface area contributed by atoms with Gasteiger partial charge < -0.3 is 10.3 Å². The van der Waals surface area contributed by atoms with Crippen molar-refractivity contribution in [1.82, 2.24) is 9.97 Å². The number of carbonyl (C=O) groups is 1. The molecule has 4 rings (SSSR count). The number of pyridine rings is 1. The van der Waals surface area contributed by atoms with Crippen LogP contribution in [-0.4, -0.2) is 15.9 Å². The topological polar surface area (TPSA) is 57.8 Å². The average molecular weight is 452 g/mol. The molecule has 0 saturated heterocycles. The lowest BCUT2D eigenvalue weighted by atomic mass is 10.0. The lowest BCUT2D eigenvalue weighted by Crippen LogP contribution is -2.11. The molecule has 0 aliphatic heterocycles. The standard InChI is InChI=1S/C23H19BrFN3O/c24-15-7-10-17(11-8-15)27-22(29)6-3-4-18-19-14-16(25)9-12-20(19)28-23(18)21-5-1-2-13-26-21/h1-2,5,7-14,28H,3-4,6H2,(H,27,29). The highest BCUT2D eigenvalue weighted by molar-refractivity contribution is 9.10. The van der Waals surface area contributed by atoms with E-state index in [1.807, 2.05) is 42.5 Å². The van der Waals surface area contributed by atoms with Crippen LogP contribution in [0, 0.1) is 5.82 Å². The summed E-state index contributed by atoms with van der Waals surface area (Å²) in [4.78, 5) is 20.1. The van der Waals surface area contributed by atoms with Crippen LogP contribution < -0.4 is 5.32 Å². The quantitative estimate of drug-likeness (QED) is 0.372. The molecule has 2 aromatic carbocycles.